The first kappa shape index (κ1) is 21.7. The number of hydrogen-bond acceptors (Lipinski definition) is 2. The third-order valence-corrected chi connectivity index (χ3v) is 4.62. The van der Waals surface area contributed by atoms with Crippen LogP contribution in [0.2, 0.25) is 0 Å². The van der Waals surface area contributed by atoms with E-state index in [0.29, 0.717) is 6.42 Å². The maximum Gasteiger partial charge on any atom is 0.220 e. The van der Waals surface area contributed by atoms with Crippen LogP contribution in [0.1, 0.15) is 76.7 Å². The van der Waals surface area contributed by atoms with Crippen molar-refractivity contribution in [3.8, 4) is 0 Å². The monoisotopic (exact) mass is 346 g/mol. The average Bonchev–Trinajstić information content (AvgIpc) is 2.61. The molecular weight excluding hydrogens is 308 g/mol. The Morgan fingerprint density at radius 2 is 1.52 bits per heavy atom. The number of likely N-dealkylation sites (N-methyl/N-ethyl adjacent to an activating group) is 1. The maximum absolute atomic E-state index is 11.9. The zero-order valence-electron chi connectivity index (χ0n) is 16.4. The Morgan fingerprint density at radius 3 is 2.16 bits per heavy atom. The molecule has 142 valence electrons. The van der Waals surface area contributed by atoms with E-state index in [-0.39, 0.29) is 5.91 Å². The first-order chi connectivity index (χ1) is 12.2. The van der Waals surface area contributed by atoms with Crippen molar-refractivity contribution in [2.45, 2.75) is 77.7 Å². The van der Waals surface area contributed by atoms with Crippen molar-refractivity contribution in [3.63, 3.8) is 0 Å². The van der Waals surface area contributed by atoms with Crippen molar-refractivity contribution in [3.05, 3.63) is 35.9 Å². The van der Waals surface area contributed by atoms with Crippen molar-refractivity contribution in [1.29, 1.82) is 0 Å². The molecule has 0 heterocycles. The second-order valence-electron chi connectivity index (χ2n) is 7.15. The topological polar surface area (TPSA) is 32.3 Å². The van der Waals surface area contributed by atoms with Crippen molar-refractivity contribution in [2.75, 3.05) is 20.1 Å². The molecule has 1 N–H and O–H groups in total. The van der Waals surface area contributed by atoms with Gasteiger partial charge in [-0.1, -0.05) is 88.6 Å². The van der Waals surface area contributed by atoms with Crippen molar-refractivity contribution >= 4 is 5.91 Å². The second kappa shape index (κ2) is 14.9. The molecule has 3 heteroatoms. The molecule has 0 aliphatic rings. The number of rotatable bonds is 15. The highest BCUT2D eigenvalue weighted by molar-refractivity contribution is 5.75. The fourth-order valence-corrected chi connectivity index (χ4v) is 3.04. The molecule has 1 aromatic rings. The predicted octanol–water partition coefficient (Wildman–Crippen LogP) is 5.16. The average molecular weight is 347 g/mol. The molecule has 1 rings (SSSR count). The normalized spacial score (nSPS) is 11.0. The van der Waals surface area contributed by atoms with Gasteiger partial charge in [-0.3, -0.25) is 4.79 Å². The van der Waals surface area contributed by atoms with Gasteiger partial charge in [-0.25, -0.2) is 0 Å². The van der Waals surface area contributed by atoms with E-state index in [1.54, 1.807) is 0 Å². The molecule has 1 amide bonds. The van der Waals surface area contributed by atoms with Gasteiger partial charge in [-0.05, 0) is 19.0 Å². The summed E-state index contributed by atoms with van der Waals surface area (Å²) < 4.78 is 0. The lowest BCUT2D eigenvalue weighted by molar-refractivity contribution is -0.121. The van der Waals surface area contributed by atoms with E-state index in [0.717, 1.165) is 26.1 Å². The lowest BCUT2D eigenvalue weighted by atomic mass is 10.1. The highest BCUT2D eigenvalue weighted by Crippen LogP contribution is 2.10. The molecule has 0 spiro atoms. The van der Waals surface area contributed by atoms with Gasteiger partial charge < -0.3 is 10.2 Å². The fraction of sp³-hybridized carbons (Fsp3) is 0.682. The fourth-order valence-electron chi connectivity index (χ4n) is 3.04. The van der Waals surface area contributed by atoms with Crippen LogP contribution in [0, 0.1) is 0 Å². The molecule has 0 fully saturated rings. The molecule has 25 heavy (non-hydrogen) atoms. The number of benzene rings is 1. The zero-order valence-corrected chi connectivity index (χ0v) is 16.4. The Hall–Kier alpha value is -1.35. The lowest BCUT2D eigenvalue weighted by Gasteiger charge is -2.17. The van der Waals surface area contributed by atoms with Crippen LogP contribution >= 0.6 is 0 Å². The van der Waals surface area contributed by atoms with Crippen molar-refractivity contribution < 1.29 is 4.79 Å². The van der Waals surface area contributed by atoms with E-state index in [2.05, 4.69) is 48.5 Å². The van der Waals surface area contributed by atoms with Gasteiger partial charge >= 0.3 is 0 Å². The Kier molecular flexibility index (Phi) is 13.0. The molecule has 0 saturated carbocycles. The van der Waals surface area contributed by atoms with Gasteiger partial charge in [-0.15, -0.1) is 0 Å². The molecule has 0 aliphatic heterocycles. The first-order valence-electron chi connectivity index (χ1n) is 10.2. The van der Waals surface area contributed by atoms with E-state index in [1.807, 2.05) is 6.07 Å². The number of amides is 1. The summed E-state index contributed by atoms with van der Waals surface area (Å²) in [5.41, 5.74) is 1.31. The minimum Gasteiger partial charge on any atom is -0.355 e. The second-order valence-corrected chi connectivity index (χ2v) is 7.15. The Morgan fingerprint density at radius 1 is 0.920 bits per heavy atom. The van der Waals surface area contributed by atoms with Gasteiger partial charge in [0.05, 0.1) is 0 Å². The quantitative estimate of drug-likeness (QED) is 0.445. The van der Waals surface area contributed by atoms with Gasteiger partial charge in [0.1, 0.15) is 0 Å². The van der Waals surface area contributed by atoms with Gasteiger partial charge in [0.2, 0.25) is 5.91 Å². The molecule has 3 nitrogen and oxygen atoms in total. The molecule has 0 aromatic heterocycles. The van der Waals surface area contributed by atoms with E-state index >= 15 is 0 Å². The highest BCUT2D eigenvalue weighted by atomic mass is 16.1. The summed E-state index contributed by atoms with van der Waals surface area (Å²) in [5, 5.41) is 3.04. The number of nitrogens with zero attached hydrogens (tertiary/aromatic N) is 1. The van der Waals surface area contributed by atoms with E-state index < -0.39 is 0 Å². The standard InChI is InChI=1S/C22H38N2O/c1-3-4-5-6-7-8-9-10-14-17-22(25)23-18-19-24(2)20-21-15-12-11-13-16-21/h11-13,15-16H,3-10,14,17-20H2,1-2H3,(H,23,25). The largest absolute Gasteiger partial charge is 0.355 e. The minimum atomic E-state index is 0.205. The van der Waals surface area contributed by atoms with Crippen LogP contribution in [0.25, 0.3) is 0 Å². The van der Waals surface area contributed by atoms with Crippen LogP contribution < -0.4 is 5.32 Å². The molecule has 0 saturated heterocycles. The minimum absolute atomic E-state index is 0.205. The van der Waals surface area contributed by atoms with Gasteiger partial charge in [0.25, 0.3) is 0 Å². The maximum atomic E-state index is 11.9. The number of nitrogens with one attached hydrogen (secondary N) is 1. The Labute approximate surface area is 155 Å². The van der Waals surface area contributed by atoms with Gasteiger partial charge in [0.15, 0.2) is 0 Å². The summed E-state index contributed by atoms with van der Waals surface area (Å²) in [5.74, 6) is 0.205. The van der Waals surface area contributed by atoms with Crippen LogP contribution in [0.5, 0.6) is 0 Å². The van der Waals surface area contributed by atoms with Crippen molar-refractivity contribution in [2.24, 2.45) is 0 Å². The highest BCUT2D eigenvalue weighted by Gasteiger charge is 2.03. The molecule has 0 atom stereocenters. The van der Waals surface area contributed by atoms with Crippen LogP contribution in [0.3, 0.4) is 0 Å². The number of carbonyl (C=O) groups excluding carboxylic acids is 1. The van der Waals surface area contributed by atoms with Crippen LogP contribution in [0.15, 0.2) is 30.3 Å². The molecule has 0 unspecified atom stereocenters. The zero-order chi connectivity index (χ0) is 18.2. The number of unbranched alkanes of at least 4 members (excludes halogenated alkanes) is 8. The number of carbonyl (C=O) groups is 1. The van der Waals surface area contributed by atoms with Crippen LogP contribution in [0.4, 0.5) is 0 Å². The summed E-state index contributed by atoms with van der Waals surface area (Å²) in [6.45, 7) is 4.80. The smallest absolute Gasteiger partial charge is 0.220 e. The summed E-state index contributed by atoms with van der Waals surface area (Å²) in [4.78, 5) is 14.1. The SMILES string of the molecule is CCCCCCCCCCCC(=O)NCCN(C)Cc1ccccc1. The van der Waals surface area contributed by atoms with Crippen LogP contribution in [-0.2, 0) is 11.3 Å². The summed E-state index contributed by atoms with van der Waals surface area (Å²) >= 11 is 0. The molecule has 0 aliphatic carbocycles. The first-order valence-corrected chi connectivity index (χ1v) is 10.2. The van der Waals surface area contributed by atoms with Gasteiger partial charge in [-0.2, -0.15) is 0 Å². The molecular formula is C22H38N2O. The van der Waals surface area contributed by atoms with E-state index in [4.69, 9.17) is 0 Å². The summed E-state index contributed by atoms with van der Waals surface area (Å²) in [6.07, 6.45) is 12.3. The Bertz CT molecular complexity index is 433. The Balaban J connectivity index is 1.91. The molecule has 1 aromatic carbocycles. The summed E-state index contributed by atoms with van der Waals surface area (Å²) in [7, 11) is 2.10. The third kappa shape index (κ3) is 12.6. The summed E-state index contributed by atoms with van der Waals surface area (Å²) in [6, 6.07) is 10.4. The number of hydrogen-bond donors (Lipinski definition) is 1. The molecule has 0 radical (unpaired) electrons. The van der Waals surface area contributed by atoms with Crippen molar-refractivity contribution in [1.82, 2.24) is 10.2 Å². The molecule has 0 bridgehead atoms. The van der Waals surface area contributed by atoms with Crippen LogP contribution in [-0.4, -0.2) is 30.9 Å². The van der Waals surface area contributed by atoms with E-state index in [1.165, 1.54) is 56.9 Å². The van der Waals surface area contributed by atoms with E-state index in [9.17, 15) is 4.79 Å². The third-order valence-electron chi connectivity index (χ3n) is 4.62. The lowest BCUT2D eigenvalue weighted by Crippen LogP contribution is -2.32. The van der Waals surface area contributed by atoms with Gasteiger partial charge in [0, 0.05) is 26.1 Å². The predicted molar refractivity (Wildman–Crippen MR) is 108 cm³/mol.